The van der Waals surface area contributed by atoms with Crippen molar-refractivity contribution in [1.29, 1.82) is 0 Å². The number of fused-ring (bicyclic) bond motifs is 2. The maximum absolute atomic E-state index is 12.1. The van der Waals surface area contributed by atoms with Gasteiger partial charge < -0.3 is 4.42 Å². The molecule has 0 radical (unpaired) electrons. The molecule has 3 nitrogen and oxygen atoms in total. The van der Waals surface area contributed by atoms with Crippen LogP contribution in [0.3, 0.4) is 0 Å². The predicted octanol–water partition coefficient (Wildman–Crippen LogP) is 3.22. The van der Waals surface area contributed by atoms with E-state index in [-0.39, 0.29) is 5.43 Å². The maximum Gasteiger partial charge on any atom is 0.188 e. The van der Waals surface area contributed by atoms with Crippen LogP contribution >= 0.6 is 0 Å². The highest BCUT2D eigenvalue weighted by Crippen LogP contribution is 2.29. The summed E-state index contributed by atoms with van der Waals surface area (Å²) in [6, 6.07) is 7.59. The SMILES string of the molecule is Cc1c2nc3ccccc3oc-2c(C)c(=O)c1C. The van der Waals surface area contributed by atoms with Gasteiger partial charge in [0.2, 0.25) is 0 Å². The topological polar surface area (TPSA) is 43.1 Å². The Kier molecular flexibility index (Phi) is 2.23. The van der Waals surface area contributed by atoms with Crippen LogP contribution in [0.15, 0.2) is 33.5 Å². The lowest BCUT2D eigenvalue weighted by atomic mass is 9.99. The Balaban J connectivity index is 2.58. The fourth-order valence-corrected chi connectivity index (χ4v) is 2.21. The third kappa shape index (κ3) is 1.37. The molecule has 1 heterocycles. The summed E-state index contributed by atoms with van der Waals surface area (Å²) in [6.45, 7) is 5.54. The van der Waals surface area contributed by atoms with E-state index in [1.54, 1.807) is 6.92 Å². The summed E-state index contributed by atoms with van der Waals surface area (Å²) in [7, 11) is 0. The number of nitrogens with zero attached hydrogens (tertiary/aromatic N) is 1. The first kappa shape index (κ1) is 11.0. The molecule has 0 atom stereocenters. The van der Waals surface area contributed by atoms with Gasteiger partial charge in [0.15, 0.2) is 16.8 Å². The van der Waals surface area contributed by atoms with Crippen LogP contribution in [0.1, 0.15) is 16.7 Å². The molecule has 0 N–H and O–H groups in total. The van der Waals surface area contributed by atoms with Gasteiger partial charge in [-0.25, -0.2) is 4.98 Å². The molecular weight excluding hydrogens is 226 g/mol. The zero-order valence-electron chi connectivity index (χ0n) is 10.6. The molecule has 3 rings (SSSR count). The zero-order valence-corrected chi connectivity index (χ0v) is 10.6. The van der Waals surface area contributed by atoms with Crippen LogP contribution in [0.5, 0.6) is 0 Å². The van der Waals surface area contributed by atoms with Crippen molar-refractivity contribution >= 4 is 11.1 Å². The van der Waals surface area contributed by atoms with Gasteiger partial charge in [-0.1, -0.05) is 12.1 Å². The van der Waals surface area contributed by atoms with E-state index in [2.05, 4.69) is 4.98 Å². The number of benzene rings is 2. The van der Waals surface area contributed by atoms with E-state index in [0.717, 1.165) is 22.3 Å². The summed E-state index contributed by atoms with van der Waals surface area (Å²) >= 11 is 0. The minimum atomic E-state index is 0.0424. The second-order valence-electron chi connectivity index (χ2n) is 4.56. The van der Waals surface area contributed by atoms with Gasteiger partial charge in [0, 0.05) is 11.1 Å². The average Bonchev–Trinajstić information content (AvgIpc) is 2.41. The van der Waals surface area contributed by atoms with Gasteiger partial charge in [-0.05, 0) is 38.5 Å². The molecule has 0 amide bonds. The van der Waals surface area contributed by atoms with Gasteiger partial charge in [0.05, 0.1) is 0 Å². The van der Waals surface area contributed by atoms with E-state index in [1.165, 1.54) is 0 Å². The second-order valence-corrected chi connectivity index (χ2v) is 4.56. The summed E-state index contributed by atoms with van der Waals surface area (Å²) in [6.07, 6.45) is 0. The molecule has 0 spiro atoms. The highest BCUT2D eigenvalue weighted by atomic mass is 16.3. The van der Waals surface area contributed by atoms with Gasteiger partial charge in [-0.15, -0.1) is 0 Å². The molecule has 1 aromatic carbocycles. The van der Waals surface area contributed by atoms with Crippen LogP contribution in [-0.2, 0) is 0 Å². The Labute approximate surface area is 104 Å². The number of aromatic nitrogens is 1. The third-order valence-electron chi connectivity index (χ3n) is 3.46. The fraction of sp³-hybridized carbons (Fsp3) is 0.200. The van der Waals surface area contributed by atoms with Crippen LogP contribution in [0.4, 0.5) is 0 Å². The molecule has 1 aromatic rings. The number of para-hydroxylation sites is 2. The quantitative estimate of drug-likeness (QED) is 0.566. The first-order chi connectivity index (χ1) is 8.59. The van der Waals surface area contributed by atoms with E-state index < -0.39 is 0 Å². The Morgan fingerprint density at radius 2 is 1.72 bits per heavy atom. The van der Waals surface area contributed by atoms with Gasteiger partial charge in [-0.3, -0.25) is 4.79 Å². The van der Waals surface area contributed by atoms with Crippen molar-refractivity contribution in [1.82, 2.24) is 4.98 Å². The van der Waals surface area contributed by atoms with E-state index >= 15 is 0 Å². The zero-order chi connectivity index (χ0) is 12.9. The van der Waals surface area contributed by atoms with Crippen LogP contribution in [0.2, 0.25) is 0 Å². The summed E-state index contributed by atoms with van der Waals surface area (Å²) < 4.78 is 5.83. The highest BCUT2D eigenvalue weighted by Gasteiger charge is 2.19. The second kappa shape index (κ2) is 3.67. The van der Waals surface area contributed by atoms with Gasteiger partial charge in [0.25, 0.3) is 0 Å². The average molecular weight is 239 g/mol. The van der Waals surface area contributed by atoms with Crippen molar-refractivity contribution in [3.63, 3.8) is 0 Å². The van der Waals surface area contributed by atoms with Crippen molar-refractivity contribution < 1.29 is 4.42 Å². The monoisotopic (exact) mass is 239 g/mol. The molecule has 0 saturated heterocycles. The Morgan fingerprint density at radius 3 is 2.50 bits per heavy atom. The summed E-state index contributed by atoms with van der Waals surface area (Å²) in [5.74, 6) is 0.599. The lowest BCUT2D eigenvalue weighted by molar-refractivity contribution is 0.606. The van der Waals surface area contributed by atoms with Gasteiger partial charge >= 0.3 is 0 Å². The van der Waals surface area contributed by atoms with Crippen LogP contribution in [0, 0.1) is 20.8 Å². The molecule has 18 heavy (non-hydrogen) atoms. The van der Waals surface area contributed by atoms with E-state index in [4.69, 9.17) is 4.42 Å². The molecule has 0 bridgehead atoms. The number of hydrogen-bond acceptors (Lipinski definition) is 3. The standard InChI is InChI=1S/C15H13NO2/c1-8-9(2)14(17)10(3)15-13(8)16-11-6-4-5-7-12(11)18-15/h4-7H,1-3H3. The van der Waals surface area contributed by atoms with E-state index in [1.807, 2.05) is 38.1 Å². The Hall–Kier alpha value is -2.16. The fourth-order valence-electron chi connectivity index (χ4n) is 2.21. The largest absolute Gasteiger partial charge is 0.452 e. The molecule has 0 unspecified atom stereocenters. The normalized spacial score (nSPS) is 11.3. The minimum Gasteiger partial charge on any atom is -0.452 e. The molecule has 0 aromatic heterocycles. The summed E-state index contributed by atoms with van der Waals surface area (Å²) in [5, 5.41) is 0. The van der Waals surface area contributed by atoms with E-state index in [0.29, 0.717) is 16.9 Å². The van der Waals surface area contributed by atoms with Crippen molar-refractivity contribution in [3.8, 4) is 11.5 Å². The predicted molar refractivity (Wildman–Crippen MR) is 71.1 cm³/mol. The van der Waals surface area contributed by atoms with Crippen molar-refractivity contribution in [2.45, 2.75) is 20.8 Å². The minimum absolute atomic E-state index is 0.0424. The molecule has 90 valence electrons. The number of hydrogen-bond donors (Lipinski definition) is 0. The van der Waals surface area contributed by atoms with Gasteiger partial charge in [-0.2, -0.15) is 0 Å². The van der Waals surface area contributed by atoms with Crippen LogP contribution in [-0.4, -0.2) is 4.98 Å². The molecule has 1 aliphatic heterocycles. The molecular formula is C15H13NO2. The van der Waals surface area contributed by atoms with E-state index in [9.17, 15) is 4.79 Å². The lowest BCUT2D eigenvalue weighted by Crippen LogP contribution is -2.14. The summed E-state index contributed by atoms with van der Waals surface area (Å²) in [4.78, 5) is 16.7. The molecule has 0 saturated carbocycles. The van der Waals surface area contributed by atoms with Crippen LogP contribution < -0.4 is 5.43 Å². The number of rotatable bonds is 0. The van der Waals surface area contributed by atoms with Crippen molar-refractivity contribution in [2.24, 2.45) is 0 Å². The lowest BCUT2D eigenvalue weighted by Gasteiger charge is -2.13. The Morgan fingerprint density at radius 1 is 1.00 bits per heavy atom. The smallest absolute Gasteiger partial charge is 0.188 e. The first-order valence-corrected chi connectivity index (χ1v) is 5.89. The van der Waals surface area contributed by atoms with Crippen molar-refractivity contribution in [2.75, 3.05) is 0 Å². The summed E-state index contributed by atoms with van der Waals surface area (Å²) in [5.41, 5.74) is 4.62. The molecule has 0 fully saturated rings. The molecule has 2 aliphatic rings. The van der Waals surface area contributed by atoms with Gasteiger partial charge in [0.1, 0.15) is 11.2 Å². The highest BCUT2D eigenvalue weighted by molar-refractivity contribution is 5.78. The van der Waals surface area contributed by atoms with Crippen molar-refractivity contribution in [3.05, 3.63) is 51.2 Å². The molecule has 3 heteroatoms. The van der Waals surface area contributed by atoms with Crippen LogP contribution in [0.25, 0.3) is 22.6 Å². The Bertz CT molecular complexity index is 787. The first-order valence-electron chi connectivity index (χ1n) is 5.89. The maximum atomic E-state index is 12.1. The molecule has 1 aliphatic carbocycles. The third-order valence-corrected chi connectivity index (χ3v) is 3.46.